The van der Waals surface area contributed by atoms with Gasteiger partial charge in [-0.2, -0.15) is 0 Å². The molecule has 1 fully saturated rings. The largest absolute Gasteiger partial charge is 0.456 e. The molecule has 0 bridgehead atoms. The van der Waals surface area contributed by atoms with Gasteiger partial charge in [-0.3, -0.25) is 0 Å². The number of para-hydroxylation sites is 1. The molecule has 0 spiro atoms. The highest BCUT2D eigenvalue weighted by Crippen LogP contribution is 2.62. The molecule has 6 heteroatoms. The summed E-state index contributed by atoms with van der Waals surface area (Å²) in [6.45, 7) is 21.5. The first-order valence-electron chi connectivity index (χ1n) is 25.9. The monoisotopic (exact) mass is 941 g/mol. The van der Waals surface area contributed by atoms with Crippen LogP contribution in [0.5, 0.6) is 0 Å². The SMILES string of the molecule is Cc1cc2c3c(c1)N(c1cccc4oc5ccccc5c14)c1cc(C(C)(C)C)ccc1B3c1ccc(N3c4ccc(C(C)(C)C)cc4C4(C)CCCCC34C)cc1N2c1ccc2sc3ccccc3c2c1. The van der Waals surface area contributed by atoms with Gasteiger partial charge >= 0.3 is 0 Å². The van der Waals surface area contributed by atoms with Crippen molar-refractivity contribution < 1.29 is 4.42 Å². The Morgan fingerprint density at radius 2 is 1.17 bits per heavy atom. The van der Waals surface area contributed by atoms with Gasteiger partial charge < -0.3 is 19.1 Å². The van der Waals surface area contributed by atoms with E-state index in [0.717, 1.165) is 34.0 Å². The van der Waals surface area contributed by atoms with Gasteiger partial charge in [-0.15, -0.1) is 11.3 Å². The number of thiophene rings is 1. The number of aryl methyl sites for hydroxylation is 1. The molecule has 1 aliphatic carbocycles. The van der Waals surface area contributed by atoms with Crippen LogP contribution in [0.1, 0.15) is 103 Å². The molecule has 14 rings (SSSR count). The second-order valence-electron chi connectivity index (χ2n) is 23.7. The third-order valence-electron chi connectivity index (χ3n) is 17.5. The number of hydrogen-bond acceptors (Lipinski definition) is 5. The zero-order valence-corrected chi connectivity index (χ0v) is 43.3. The van der Waals surface area contributed by atoms with Crippen LogP contribution in [-0.2, 0) is 16.2 Å². The Balaban J connectivity index is 1.06. The summed E-state index contributed by atoms with van der Waals surface area (Å²) in [5, 5.41) is 4.89. The summed E-state index contributed by atoms with van der Waals surface area (Å²) < 4.78 is 9.26. The highest BCUT2D eigenvalue weighted by molar-refractivity contribution is 7.25. The van der Waals surface area contributed by atoms with Crippen molar-refractivity contribution in [1.29, 1.82) is 0 Å². The maximum atomic E-state index is 6.62. The Morgan fingerprint density at radius 3 is 1.97 bits per heavy atom. The molecule has 0 amide bonds. The number of rotatable bonds is 3. The minimum atomic E-state index is -0.0897. The van der Waals surface area contributed by atoms with Gasteiger partial charge in [0.25, 0.3) is 6.71 Å². The maximum absolute atomic E-state index is 6.62. The summed E-state index contributed by atoms with van der Waals surface area (Å²) in [4.78, 5) is 8.00. The van der Waals surface area contributed by atoms with Crippen LogP contribution in [0, 0.1) is 6.92 Å². The molecule has 2 aromatic heterocycles. The van der Waals surface area contributed by atoms with Crippen LogP contribution >= 0.6 is 11.3 Å². The van der Waals surface area contributed by atoms with Crippen LogP contribution in [0.15, 0.2) is 156 Å². The molecular formula is C65H60BN3OS. The van der Waals surface area contributed by atoms with Crippen LogP contribution in [-0.4, -0.2) is 12.3 Å². The summed E-state index contributed by atoms with van der Waals surface area (Å²) in [6, 6.07) is 58.6. The molecule has 10 aromatic rings. The van der Waals surface area contributed by atoms with E-state index in [9.17, 15) is 0 Å². The zero-order valence-electron chi connectivity index (χ0n) is 42.5. The van der Waals surface area contributed by atoms with Gasteiger partial charge in [-0.1, -0.05) is 134 Å². The van der Waals surface area contributed by atoms with Crippen LogP contribution in [0.25, 0.3) is 42.1 Å². The Bertz CT molecular complexity index is 3900. The molecule has 2 atom stereocenters. The molecule has 0 N–H and O–H groups in total. The van der Waals surface area contributed by atoms with E-state index in [1.54, 1.807) is 0 Å². The Hall–Kier alpha value is -6.76. The minimum absolute atomic E-state index is 0.0112. The highest BCUT2D eigenvalue weighted by atomic mass is 32.1. The number of furan rings is 1. The van der Waals surface area contributed by atoms with Crippen molar-refractivity contribution in [3.8, 4) is 0 Å². The van der Waals surface area contributed by atoms with Gasteiger partial charge in [0.05, 0.1) is 16.6 Å². The molecule has 3 aliphatic heterocycles. The van der Waals surface area contributed by atoms with Crippen molar-refractivity contribution in [3.63, 3.8) is 0 Å². The maximum Gasteiger partial charge on any atom is 0.252 e. The van der Waals surface area contributed by atoms with E-state index < -0.39 is 0 Å². The molecule has 8 aromatic carbocycles. The van der Waals surface area contributed by atoms with E-state index in [1.165, 1.54) is 118 Å². The number of anilines is 8. The van der Waals surface area contributed by atoms with Gasteiger partial charge in [0.2, 0.25) is 0 Å². The van der Waals surface area contributed by atoms with Crippen molar-refractivity contribution in [3.05, 3.63) is 174 Å². The van der Waals surface area contributed by atoms with Crippen LogP contribution < -0.4 is 31.1 Å². The van der Waals surface area contributed by atoms with Crippen molar-refractivity contribution >= 4 is 122 Å². The zero-order chi connectivity index (χ0) is 48.5. The molecule has 5 heterocycles. The Kier molecular flexibility index (Phi) is 8.90. The Morgan fingerprint density at radius 1 is 0.521 bits per heavy atom. The molecule has 71 heavy (non-hydrogen) atoms. The van der Waals surface area contributed by atoms with Gasteiger partial charge in [0, 0.05) is 70.8 Å². The van der Waals surface area contributed by atoms with Gasteiger partial charge in [-0.05, 0) is 155 Å². The predicted octanol–water partition coefficient (Wildman–Crippen LogP) is 16.7. The summed E-state index contributed by atoms with van der Waals surface area (Å²) in [7, 11) is 0. The highest BCUT2D eigenvalue weighted by Gasteiger charge is 2.58. The molecule has 4 nitrogen and oxygen atoms in total. The smallest absolute Gasteiger partial charge is 0.252 e. The molecular weight excluding hydrogens is 882 g/mol. The topological polar surface area (TPSA) is 22.9 Å². The molecule has 2 unspecified atom stereocenters. The van der Waals surface area contributed by atoms with E-state index in [0.29, 0.717) is 0 Å². The molecule has 1 saturated carbocycles. The second-order valence-corrected chi connectivity index (χ2v) is 24.8. The number of fused-ring (bicyclic) bond motifs is 13. The second kappa shape index (κ2) is 14.7. The minimum Gasteiger partial charge on any atom is -0.456 e. The van der Waals surface area contributed by atoms with Gasteiger partial charge in [0.15, 0.2) is 0 Å². The molecule has 0 saturated heterocycles. The van der Waals surface area contributed by atoms with Crippen molar-refractivity contribution in [2.45, 2.75) is 110 Å². The summed E-state index contributed by atoms with van der Waals surface area (Å²) in [5.41, 5.74) is 21.1. The van der Waals surface area contributed by atoms with Gasteiger partial charge in [0.1, 0.15) is 11.2 Å². The van der Waals surface area contributed by atoms with Crippen molar-refractivity contribution in [2.24, 2.45) is 0 Å². The molecule has 350 valence electrons. The van der Waals surface area contributed by atoms with Gasteiger partial charge in [-0.25, -0.2) is 0 Å². The number of hydrogen-bond donors (Lipinski definition) is 0. The molecule has 4 aliphatic rings. The normalized spacial score (nSPS) is 19.4. The van der Waals surface area contributed by atoms with E-state index in [1.807, 2.05) is 11.3 Å². The van der Waals surface area contributed by atoms with Crippen molar-refractivity contribution in [1.82, 2.24) is 0 Å². The lowest BCUT2D eigenvalue weighted by Crippen LogP contribution is -2.61. The first kappa shape index (κ1) is 43.1. The quantitative estimate of drug-likeness (QED) is 0.165. The number of benzene rings is 8. The predicted molar refractivity (Wildman–Crippen MR) is 306 cm³/mol. The summed E-state index contributed by atoms with van der Waals surface area (Å²) in [5.74, 6) is 0. The average molecular weight is 942 g/mol. The standard InChI is InChI=1S/C65H60BN3OS/c1-39-33-54-61-55(34-39)68(51-19-16-21-57-60(51)45-18-10-12-20-56(45)70-57)52-36-41(63(5,6)7)23-27-48(52)66(61)49-28-25-43(38-53(49)67(54)42-26-30-59-46(37-42)44-17-11-13-22-58(44)71-59)69-50-29-24-40(62(2,3)4)35-47(50)64(8)31-14-15-32-65(64,69)9/h10-13,16-30,33-38H,14-15,31-32H2,1-9H3. The average Bonchev–Trinajstić information content (AvgIpc) is 3.99. The third kappa shape index (κ3) is 5.98. The van der Waals surface area contributed by atoms with Crippen LogP contribution in [0.3, 0.4) is 0 Å². The van der Waals surface area contributed by atoms with E-state index >= 15 is 0 Å². The number of nitrogens with zero attached hydrogens (tertiary/aromatic N) is 3. The summed E-state index contributed by atoms with van der Waals surface area (Å²) >= 11 is 1.89. The lowest BCUT2D eigenvalue weighted by Gasteiger charge is -2.50. The summed E-state index contributed by atoms with van der Waals surface area (Å²) in [6.07, 6.45) is 4.83. The fourth-order valence-electron chi connectivity index (χ4n) is 13.7. The lowest BCUT2D eigenvalue weighted by molar-refractivity contribution is 0.195. The Labute approximate surface area is 422 Å². The first-order valence-corrected chi connectivity index (χ1v) is 26.7. The van der Waals surface area contributed by atoms with Crippen LogP contribution in [0.2, 0.25) is 0 Å². The van der Waals surface area contributed by atoms with Crippen molar-refractivity contribution in [2.75, 3.05) is 14.7 Å². The van der Waals surface area contributed by atoms with E-state index in [4.69, 9.17) is 4.42 Å². The van der Waals surface area contributed by atoms with E-state index in [-0.39, 0.29) is 28.5 Å². The fourth-order valence-corrected chi connectivity index (χ4v) is 14.7. The molecule has 0 radical (unpaired) electrons. The third-order valence-corrected chi connectivity index (χ3v) is 18.7. The van der Waals surface area contributed by atoms with Crippen LogP contribution in [0.4, 0.5) is 45.5 Å². The van der Waals surface area contributed by atoms with E-state index in [2.05, 4.69) is 229 Å². The lowest BCUT2D eigenvalue weighted by atomic mass is 9.33. The first-order chi connectivity index (χ1) is 34.1. The fraction of sp³-hybridized carbons (Fsp3) is 0.262.